The highest BCUT2D eigenvalue weighted by Gasteiger charge is 2.23. The molecular formula is C17H15N3O4. The Morgan fingerprint density at radius 3 is 3.04 bits per heavy atom. The van der Waals surface area contributed by atoms with Gasteiger partial charge in [-0.05, 0) is 23.8 Å². The van der Waals surface area contributed by atoms with Gasteiger partial charge in [0.05, 0.1) is 6.54 Å². The van der Waals surface area contributed by atoms with Crippen molar-refractivity contribution in [2.24, 2.45) is 0 Å². The summed E-state index contributed by atoms with van der Waals surface area (Å²) in [6, 6.07) is 11.1. The molecule has 2 aromatic heterocycles. The van der Waals surface area contributed by atoms with Gasteiger partial charge in [-0.2, -0.15) is 0 Å². The number of hydrogen-bond acceptors (Lipinski definition) is 5. The molecule has 0 fully saturated rings. The number of amides is 1. The molecule has 0 saturated heterocycles. The van der Waals surface area contributed by atoms with Crippen molar-refractivity contribution in [1.29, 1.82) is 0 Å². The van der Waals surface area contributed by atoms with Gasteiger partial charge < -0.3 is 14.5 Å². The van der Waals surface area contributed by atoms with Crippen LogP contribution in [0.3, 0.4) is 0 Å². The highest BCUT2D eigenvalue weighted by molar-refractivity contribution is 5.78. The largest absolute Gasteiger partial charge is 0.488 e. The topological polar surface area (TPSA) is 86.4 Å². The van der Waals surface area contributed by atoms with Gasteiger partial charge in [-0.15, -0.1) is 0 Å². The summed E-state index contributed by atoms with van der Waals surface area (Å²) in [5, 5.41) is 2.80. The molecule has 3 aromatic rings. The van der Waals surface area contributed by atoms with Gasteiger partial charge in [0.2, 0.25) is 5.91 Å². The van der Waals surface area contributed by atoms with Crippen LogP contribution >= 0.6 is 0 Å². The van der Waals surface area contributed by atoms with Crippen molar-refractivity contribution in [3.05, 3.63) is 58.7 Å². The average Bonchev–Trinajstić information content (AvgIpc) is 3.14. The zero-order valence-electron chi connectivity index (χ0n) is 12.8. The highest BCUT2D eigenvalue weighted by Crippen LogP contribution is 2.27. The number of hydrogen-bond donors (Lipinski definition) is 1. The predicted octanol–water partition coefficient (Wildman–Crippen LogP) is 1.11. The molecule has 24 heavy (non-hydrogen) atoms. The Kier molecular flexibility index (Phi) is 3.53. The number of carbonyl (C=O) groups is 1. The Morgan fingerprint density at radius 1 is 1.29 bits per heavy atom. The Labute approximate surface area is 136 Å². The monoisotopic (exact) mass is 325 g/mol. The summed E-state index contributed by atoms with van der Waals surface area (Å²) in [5.41, 5.74) is 1.87. The number of nitrogens with zero attached hydrogens (tertiary/aromatic N) is 2. The summed E-state index contributed by atoms with van der Waals surface area (Å²) in [6.07, 6.45) is 2.21. The predicted molar refractivity (Wildman–Crippen MR) is 85.8 cm³/mol. The van der Waals surface area contributed by atoms with Crippen molar-refractivity contribution in [1.82, 2.24) is 14.9 Å². The molecule has 0 spiro atoms. The van der Waals surface area contributed by atoms with E-state index in [2.05, 4.69) is 10.3 Å². The molecule has 1 aliphatic heterocycles. The van der Waals surface area contributed by atoms with Crippen LogP contribution in [0.4, 0.5) is 0 Å². The number of carbonyl (C=O) groups excluding carboxylic acids is 1. The van der Waals surface area contributed by atoms with Crippen molar-refractivity contribution < 1.29 is 13.9 Å². The van der Waals surface area contributed by atoms with Crippen LogP contribution in [-0.2, 0) is 17.8 Å². The molecule has 0 unspecified atom stereocenters. The van der Waals surface area contributed by atoms with Gasteiger partial charge in [-0.3, -0.25) is 4.79 Å². The highest BCUT2D eigenvalue weighted by atomic mass is 16.5. The fourth-order valence-electron chi connectivity index (χ4n) is 2.83. The maximum atomic E-state index is 12.1. The zero-order valence-corrected chi connectivity index (χ0v) is 12.8. The van der Waals surface area contributed by atoms with Crippen LogP contribution in [0.1, 0.15) is 5.56 Å². The molecule has 0 bridgehead atoms. The molecule has 1 amide bonds. The van der Waals surface area contributed by atoms with Crippen LogP contribution in [0.15, 0.2) is 51.8 Å². The third-order valence-electron chi connectivity index (χ3n) is 3.97. The van der Waals surface area contributed by atoms with E-state index in [1.54, 1.807) is 18.3 Å². The van der Waals surface area contributed by atoms with Gasteiger partial charge in [-0.1, -0.05) is 18.2 Å². The first-order valence-electron chi connectivity index (χ1n) is 7.66. The number of oxazole rings is 1. The van der Waals surface area contributed by atoms with E-state index in [0.29, 0.717) is 17.8 Å². The van der Waals surface area contributed by atoms with Crippen molar-refractivity contribution in [3.63, 3.8) is 0 Å². The van der Waals surface area contributed by atoms with Crippen LogP contribution in [-0.4, -0.2) is 28.1 Å². The lowest BCUT2D eigenvalue weighted by molar-refractivity contribution is -0.122. The van der Waals surface area contributed by atoms with Crippen molar-refractivity contribution in [2.45, 2.75) is 19.1 Å². The molecule has 4 rings (SSSR count). The minimum absolute atomic E-state index is 0.0951. The number of fused-ring (bicyclic) bond motifs is 2. The van der Waals surface area contributed by atoms with Crippen LogP contribution in [0.5, 0.6) is 5.75 Å². The normalized spacial score (nSPS) is 15.9. The summed E-state index contributed by atoms with van der Waals surface area (Å²) in [7, 11) is 0. The molecule has 122 valence electrons. The maximum absolute atomic E-state index is 12.1. The second-order valence-corrected chi connectivity index (χ2v) is 5.64. The van der Waals surface area contributed by atoms with Gasteiger partial charge in [-0.25, -0.2) is 14.3 Å². The second kappa shape index (κ2) is 5.84. The van der Waals surface area contributed by atoms with E-state index >= 15 is 0 Å². The third kappa shape index (κ3) is 2.64. The summed E-state index contributed by atoms with van der Waals surface area (Å²) >= 11 is 0. The first-order valence-corrected chi connectivity index (χ1v) is 7.66. The molecule has 1 aliphatic rings. The van der Waals surface area contributed by atoms with E-state index in [0.717, 1.165) is 17.7 Å². The van der Waals surface area contributed by atoms with Gasteiger partial charge in [0, 0.05) is 12.6 Å². The lowest BCUT2D eigenvalue weighted by Gasteiger charge is -2.12. The molecule has 0 radical (unpaired) electrons. The number of para-hydroxylation sites is 1. The van der Waals surface area contributed by atoms with Gasteiger partial charge >= 0.3 is 5.76 Å². The fourth-order valence-corrected chi connectivity index (χ4v) is 2.83. The maximum Gasteiger partial charge on any atom is 0.421 e. The van der Waals surface area contributed by atoms with Crippen LogP contribution in [0.2, 0.25) is 0 Å². The van der Waals surface area contributed by atoms with Crippen LogP contribution in [0.25, 0.3) is 11.2 Å². The number of aromatic nitrogens is 2. The standard InChI is InChI=1S/C17H15N3O4/c21-15(10-20-16-14(24-17(20)22)6-3-7-18-16)19-9-12-8-11-4-1-2-5-13(11)23-12/h1-7,12H,8-10H2,(H,19,21)/t12-/m1/s1. The van der Waals surface area contributed by atoms with Gasteiger partial charge in [0.25, 0.3) is 0 Å². The van der Waals surface area contributed by atoms with Gasteiger partial charge in [0.1, 0.15) is 18.4 Å². The summed E-state index contributed by atoms with van der Waals surface area (Å²) in [6.45, 7) is 0.244. The van der Waals surface area contributed by atoms with E-state index in [1.165, 1.54) is 4.57 Å². The Balaban J connectivity index is 1.39. The minimum atomic E-state index is -0.594. The number of ether oxygens (including phenoxy) is 1. The van der Waals surface area contributed by atoms with E-state index < -0.39 is 5.76 Å². The number of benzene rings is 1. The smallest absolute Gasteiger partial charge is 0.421 e. The SMILES string of the molecule is O=C(Cn1c(=O)oc2cccnc21)NC[C@H]1Cc2ccccc2O1. The molecule has 1 N–H and O–H groups in total. The third-order valence-corrected chi connectivity index (χ3v) is 3.97. The number of rotatable bonds is 4. The molecule has 7 nitrogen and oxygen atoms in total. The number of nitrogens with one attached hydrogen (secondary N) is 1. The summed E-state index contributed by atoms with van der Waals surface area (Å²) < 4.78 is 12.0. The second-order valence-electron chi connectivity index (χ2n) is 5.64. The number of pyridine rings is 1. The molecular weight excluding hydrogens is 310 g/mol. The fraction of sp³-hybridized carbons (Fsp3) is 0.235. The average molecular weight is 325 g/mol. The van der Waals surface area contributed by atoms with E-state index in [9.17, 15) is 9.59 Å². The zero-order chi connectivity index (χ0) is 16.5. The van der Waals surface area contributed by atoms with Crippen LogP contribution in [0, 0.1) is 0 Å². The lowest BCUT2D eigenvalue weighted by Crippen LogP contribution is -2.37. The van der Waals surface area contributed by atoms with Crippen molar-refractivity contribution in [3.8, 4) is 5.75 Å². The minimum Gasteiger partial charge on any atom is -0.488 e. The molecule has 7 heteroatoms. The van der Waals surface area contributed by atoms with Crippen molar-refractivity contribution >= 4 is 17.1 Å². The van der Waals surface area contributed by atoms with E-state index in [-0.39, 0.29) is 18.6 Å². The Bertz CT molecular complexity index is 935. The molecule has 0 saturated carbocycles. The van der Waals surface area contributed by atoms with Gasteiger partial charge in [0.15, 0.2) is 11.2 Å². The Morgan fingerprint density at radius 2 is 2.17 bits per heavy atom. The molecule has 0 aliphatic carbocycles. The Hall–Kier alpha value is -3.09. The molecule has 1 atom stereocenters. The van der Waals surface area contributed by atoms with Crippen molar-refractivity contribution in [2.75, 3.05) is 6.54 Å². The first-order chi connectivity index (χ1) is 11.7. The molecule has 3 heterocycles. The summed E-state index contributed by atoms with van der Waals surface area (Å²) in [5.74, 6) is -0.0219. The first kappa shape index (κ1) is 14.5. The van der Waals surface area contributed by atoms with E-state index in [1.807, 2.05) is 24.3 Å². The van der Waals surface area contributed by atoms with Crippen LogP contribution < -0.4 is 15.8 Å². The lowest BCUT2D eigenvalue weighted by atomic mass is 10.1. The molecule has 1 aromatic carbocycles. The quantitative estimate of drug-likeness (QED) is 0.776. The summed E-state index contributed by atoms with van der Waals surface area (Å²) in [4.78, 5) is 28.1. The van der Waals surface area contributed by atoms with E-state index in [4.69, 9.17) is 9.15 Å².